The molecule has 3 nitrogen and oxygen atoms in total. The first kappa shape index (κ1) is 13.0. The Morgan fingerprint density at radius 2 is 1.81 bits per heavy atom. The van der Waals surface area contributed by atoms with Gasteiger partial charge >= 0.3 is 0 Å². The molecule has 0 radical (unpaired) electrons. The third kappa shape index (κ3) is 4.64. The molecule has 1 aromatic carbocycles. The third-order valence-electron chi connectivity index (χ3n) is 2.19. The topological polar surface area (TPSA) is 33.5 Å². The van der Waals surface area contributed by atoms with Crippen LogP contribution in [0.4, 0.5) is 0 Å². The maximum atomic E-state index is 11.0. The van der Waals surface area contributed by atoms with Crippen molar-refractivity contribution in [1.82, 2.24) is 5.32 Å². The van der Waals surface area contributed by atoms with Gasteiger partial charge in [-0.05, 0) is 5.56 Å². The minimum absolute atomic E-state index is 0.0159. The molecule has 0 atom stereocenters. The summed E-state index contributed by atoms with van der Waals surface area (Å²) in [5, 5.41) is 2.73. The van der Waals surface area contributed by atoms with E-state index in [9.17, 15) is 4.79 Å². The monoisotopic (exact) mass is 241 g/mol. The number of nitrogens with one attached hydrogen (secondary N) is 2. The van der Waals surface area contributed by atoms with Crippen molar-refractivity contribution in [1.29, 1.82) is 0 Å². The molecule has 0 bridgehead atoms. The Labute approximate surface area is 101 Å². The zero-order chi connectivity index (χ0) is 12.0. The van der Waals surface area contributed by atoms with Gasteiger partial charge in [-0.15, -0.1) is 11.6 Å². The average molecular weight is 242 g/mol. The highest BCUT2D eigenvalue weighted by Crippen LogP contribution is 2.03. The van der Waals surface area contributed by atoms with Gasteiger partial charge in [0.25, 0.3) is 0 Å². The Morgan fingerprint density at radius 3 is 2.31 bits per heavy atom. The van der Waals surface area contributed by atoms with E-state index in [4.69, 9.17) is 11.6 Å². The molecule has 1 amide bonds. The number of carbonyl (C=O) groups is 1. The van der Waals surface area contributed by atoms with Crippen LogP contribution in [0.5, 0.6) is 0 Å². The summed E-state index contributed by atoms with van der Waals surface area (Å²) in [6.07, 6.45) is 0. The van der Waals surface area contributed by atoms with Crippen LogP contribution in [0.1, 0.15) is 11.1 Å². The Hall–Kier alpha value is -1.06. The molecule has 2 N–H and O–H groups in total. The lowest BCUT2D eigenvalue weighted by atomic mass is 10.1. The first-order valence-electron chi connectivity index (χ1n) is 5.31. The number of quaternary nitrogens is 1. The molecule has 1 aromatic rings. The molecule has 0 saturated heterocycles. The fourth-order valence-electron chi connectivity index (χ4n) is 1.43. The standard InChI is InChI=1S/C12H17ClN2O/c1-15(2)9-11-5-3-10(4-6-11)8-14-12(16)7-13/h3-6H,7-9H2,1-2H3,(H,14,16)/p+1. The second kappa shape index (κ2) is 6.51. The molecular weight excluding hydrogens is 224 g/mol. The second-order valence-corrected chi connectivity index (χ2v) is 4.38. The SMILES string of the molecule is C[NH+](C)Cc1ccc(CNC(=O)CCl)cc1. The van der Waals surface area contributed by atoms with Crippen molar-refractivity contribution in [2.24, 2.45) is 0 Å². The van der Waals surface area contributed by atoms with Gasteiger partial charge in [0.15, 0.2) is 0 Å². The normalized spacial score (nSPS) is 10.5. The van der Waals surface area contributed by atoms with E-state index in [1.807, 2.05) is 12.1 Å². The molecule has 0 unspecified atom stereocenters. The van der Waals surface area contributed by atoms with Crippen LogP contribution >= 0.6 is 11.6 Å². The number of carbonyl (C=O) groups excluding carboxylic acids is 1. The largest absolute Gasteiger partial charge is 0.351 e. The highest BCUT2D eigenvalue weighted by atomic mass is 35.5. The van der Waals surface area contributed by atoms with Crippen LogP contribution in [-0.2, 0) is 17.9 Å². The number of amides is 1. The van der Waals surface area contributed by atoms with Crippen LogP contribution in [0.3, 0.4) is 0 Å². The van der Waals surface area contributed by atoms with Gasteiger partial charge in [-0.3, -0.25) is 4.79 Å². The van der Waals surface area contributed by atoms with Crippen LogP contribution in [0.2, 0.25) is 0 Å². The molecule has 0 aliphatic rings. The van der Waals surface area contributed by atoms with Crippen molar-refractivity contribution < 1.29 is 9.69 Å². The molecule has 0 aliphatic carbocycles. The molecule has 0 fully saturated rings. The molecule has 0 aromatic heterocycles. The Balaban J connectivity index is 2.48. The highest BCUT2D eigenvalue weighted by molar-refractivity contribution is 6.27. The van der Waals surface area contributed by atoms with Crippen molar-refractivity contribution in [3.8, 4) is 0 Å². The van der Waals surface area contributed by atoms with E-state index in [0.717, 1.165) is 12.1 Å². The number of alkyl halides is 1. The number of rotatable bonds is 5. The van der Waals surface area contributed by atoms with Crippen LogP contribution in [-0.4, -0.2) is 25.9 Å². The molecule has 0 aliphatic heterocycles. The van der Waals surface area contributed by atoms with E-state index in [2.05, 4.69) is 31.5 Å². The summed E-state index contributed by atoms with van der Waals surface area (Å²) in [4.78, 5) is 12.3. The van der Waals surface area contributed by atoms with Crippen LogP contribution < -0.4 is 10.2 Å². The number of halogens is 1. The van der Waals surface area contributed by atoms with Gasteiger partial charge in [-0.1, -0.05) is 24.3 Å². The average Bonchev–Trinajstić information content (AvgIpc) is 2.27. The summed E-state index contributed by atoms with van der Waals surface area (Å²) in [5.41, 5.74) is 2.39. The minimum Gasteiger partial charge on any atom is -0.351 e. The minimum atomic E-state index is -0.136. The third-order valence-corrected chi connectivity index (χ3v) is 2.43. The summed E-state index contributed by atoms with van der Waals surface area (Å²) >= 11 is 5.39. The predicted octanol–water partition coefficient (Wildman–Crippen LogP) is 0.186. The second-order valence-electron chi connectivity index (χ2n) is 4.11. The summed E-state index contributed by atoms with van der Waals surface area (Å²) < 4.78 is 0. The molecule has 0 heterocycles. The van der Waals surface area contributed by atoms with Gasteiger partial charge in [0.1, 0.15) is 12.4 Å². The summed E-state index contributed by atoms with van der Waals surface area (Å²) in [6.45, 7) is 1.55. The maximum absolute atomic E-state index is 11.0. The van der Waals surface area contributed by atoms with Crippen molar-refractivity contribution in [3.05, 3.63) is 35.4 Å². The zero-order valence-corrected chi connectivity index (χ0v) is 10.5. The van der Waals surface area contributed by atoms with Gasteiger partial charge in [0, 0.05) is 12.1 Å². The fraction of sp³-hybridized carbons (Fsp3) is 0.417. The van der Waals surface area contributed by atoms with E-state index in [1.165, 1.54) is 10.5 Å². The summed E-state index contributed by atoms with van der Waals surface area (Å²) in [7, 11) is 4.24. The van der Waals surface area contributed by atoms with Crippen LogP contribution in [0.25, 0.3) is 0 Å². The summed E-state index contributed by atoms with van der Waals surface area (Å²) in [6, 6.07) is 8.25. The Morgan fingerprint density at radius 1 is 1.25 bits per heavy atom. The number of hydrogen-bond acceptors (Lipinski definition) is 1. The number of benzene rings is 1. The Bertz CT molecular complexity index is 335. The van der Waals surface area contributed by atoms with Crippen molar-refractivity contribution in [3.63, 3.8) is 0 Å². The first-order chi connectivity index (χ1) is 7.61. The maximum Gasteiger partial charge on any atom is 0.235 e. The zero-order valence-electron chi connectivity index (χ0n) is 9.72. The number of hydrogen-bond donors (Lipinski definition) is 2. The van der Waals surface area contributed by atoms with Crippen LogP contribution in [0, 0.1) is 0 Å². The highest BCUT2D eigenvalue weighted by Gasteiger charge is 2.00. The Kier molecular flexibility index (Phi) is 5.29. The molecule has 88 valence electrons. The quantitative estimate of drug-likeness (QED) is 0.709. The fourth-order valence-corrected chi connectivity index (χ4v) is 1.53. The summed E-state index contributed by atoms with van der Waals surface area (Å²) in [5.74, 6) is -0.120. The van der Waals surface area contributed by atoms with Crippen LogP contribution in [0.15, 0.2) is 24.3 Å². The van der Waals surface area contributed by atoms with E-state index >= 15 is 0 Å². The van der Waals surface area contributed by atoms with Gasteiger partial charge in [0.05, 0.1) is 14.1 Å². The predicted molar refractivity (Wildman–Crippen MR) is 65.5 cm³/mol. The van der Waals surface area contributed by atoms with Crippen molar-refractivity contribution in [2.75, 3.05) is 20.0 Å². The molecule has 4 heteroatoms. The van der Waals surface area contributed by atoms with E-state index < -0.39 is 0 Å². The lowest BCUT2D eigenvalue weighted by Crippen LogP contribution is -3.04. The first-order valence-corrected chi connectivity index (χ1v) is 5.85. The van der Waals surface area contributed by atoms with Gasteiger partial charge in [-0.25, -0.2) is 0 Å². The van der Waals surface area contributed by atoms with E-state index in [-0.39, 0.29) is 11.8 Å². The van der Waals surface area contributed by atoms with Gasteiger partial charge in [-0.2, -0.15) is 0 Å². The lowest BCUT2D eigenvalue weighted by Gasteiger charge is -2.08. The van der Waals surface area contributed by atoms with Gasteiger partial charge < -0.3 is 10.2 Å². The molecule has 0 saturated carbocycles. The van der Waals surface area contributed by atoms with E-state index in [1.54, 1.807) is 0 Å². The molecule has 16 heavy (non-hydrogen) atoms. The van der Waals surface area contributed by atoms with Crippen molar-refractivity contribution >= 4 is 17.5 Å². The molecule has 1 rings (SSSR count). The van der Waals surface area contributed by atoms with Gasteiger partial charge in [0.2, 0.25) is 5.91 Å². The molecule has 0 spiro atoms. The van der Waals surface area contributed by atoms with Crippen molar-refractivity contribution in [2.45, 2.75) is 13.1 Å². The molecular formula is C12H18ClN2O+. The smallest absolute Gasteiger partial charge is 0.235 e. The lowest BCUT2D eigenvalue weighted by molar-refractivity contribution is -0.872. The van der Waals surface area contributed by atoms with E-state index in [0.29, 0.717) is 6.54 Å².